The van der Waals surface area contributed by atoms with Gasteiger partial charge < -0.3 is 16.0 Å². The molecular formula is C11H15N3OS. The molecule has 16 heavy (non-hydrogen) atoms. The van der Waals surface area contributed by atoms with Crippen LogP contribution in [0.5, 0.6) is 0 Å². The summed E-state index contributed by atoms with van der Waals surface area (Å²) in [6.07, 6.45) is 0. The molecule has 5 heteroatoms. The fourth-order valence-electron chi connectivity index (χ4n) is 1.01. The Kier molecular flexibility index (Phi) is 4.83. The first-order chi connectivity index (χ1) is 7.63. The highest BCUT2D eigenvalue weighted by Gasteiger charge is 2.03. The standard InChI is InChI=1S/C11H15N3OS/c1-14(2)11(15)13-7-10-6-9(8-16-10)4-3-5-12/h6,8H,5,7,12H2,1-2H3,(H,13,15). The van der Waals surface area contributed by atoms with Crippen molar-refractivity contribution in [3.8, 4) is 11.8 Å². The molecule has 0 saturated heterocycles. The highest BCUT2D eigenvalue weighted by Crippen LogP contribution is 2.13. The van der Waals surface area contributed by atoms with Crippen molar-refractivity contribution < 1.29 is 4.79 Å². The molecule has 0 spiro atoms. The largest absolute Gasteiger partial charge is 0.333 e. The lowest BCUT2D eigenvalue weighted by Gasteiger charge is -2.10. The Morgan fingerprint density at radius 3 is 3.00 bits per heavy atom. The van der Waals surface area contributed by atoms with Crippen LogP contribution in [0.1, 0.15) is 10.4 Å². The Balaban J connectivity index is 2.49. The van der Waals surface area contributed by atoms with E-state index in [1.165, 1.54) is 4.90 Å². The van der Waals surface area contributed by atoms with E-state index in [0.29, 0.717) is 13.1 Å². The summed E-state index contributed by atoms with van der Waals surface area (Å²) in [5.74, 6) is 5.74. The predicted octanol–water partition coefficient (Wildman–Crippen LogP) is 0.830. The number of nitrogens with two attached hydrogens (primary N) is 1. The summed E-state index contributed by atoms with van der Waals surface area (Å²) in [6.45, 7) is 0.897. The van der Waals surface area contributed by atoms with E-state index >= 15 is 0 Å². The fraction of sp³-hybridized carbons (Fsp3) is 0.364. The summed E-state index contributed by atoms with van der Waals surface area (Å²) >= 11 is 1.58. The van der Waals surface area contributed by atoms with Gasteiger partial charge in [-0.2, -0.15) is 0 Å². The fourth-order valence-corrected chi connectivity index (χ4v) is 1.77. The molecule has 4 nitrogen and oxygen atoms in total. The van der Waals surface area contributed by atoms with Crippen LogP contribution < -0.4 is 11.1 Å². The number of carbonyl (C=O) groups excluding carboxylic acids is 1. The van der Waals surface area contributed by atoms with Gasteiger partial charge in [-0.1, -0.05) is 11.8 Å². The van der Waals surface area contributed by atoms with Crippen molar-refractivity contribution in [3.63, 3.8) is 0 Å². The third-order valence-electron chi connectivity index (χ3n) is 1.81. The minimum Gasteiger partial charge on any atom is -0.333 e. The van der Waals surface area contributed by atoms with Gasteiger partial charge in [0.2, 0.25) is 0 Å². The van der Waals surface area contributed by atoms with Crippen LogP contribution in [0, 0.1) is 11.8 Å². The molecule has 1 aromatic rings. The third kappa shape index (κ3) is 3.93. The van der Waals surface area contributed by atoms with Gasteiger partial charge >= 0.3 is 6.03 Å². The van der Waals surface area contributed by atoms with E-state index in [-0.39, 0.29) is 6.03 Å². The summed E-state index contributed by atoms with van der Waals surface area (Å²) in [4.78, 5) is 13.9. The summed E-state index contributed by atoms with van der Waals surface area (Å²) < 4.78 is 0. The van der Waals surface area contributed by atoms with E-state index in [1.807, 2.05) is 11.4 Å². The van der Waals surface area contributed by atoms with E-state index in [9.17, 15) is 4.79 Å². The Morgan fingerprint density at radius 1 is 1.62 bits per heavy atom. The second-order valence-corrected chi connectivity index (χ2v) is 4.36. The number of hydrogen-bond acceptors (Lipinski definition) is 3. The van der Waals surface area contributed by atoms with Crippen molar-refractivity contribution in [3.05, 3.63) is 21.9 Å². The van der Waals surface area contributed by atoms with Gasteiger partial charge in [-0.05, 0) is 6.07 Å². The predicted molar refractivity (Wildman–Crippen MR) is 66.2 cm³/mol. The topological polar surface area (TPSA) is 58.4 Å². The van der Waals surface area contributed by atoms with Crippen molar-refractivity contribution in [2.24, 2.45) is 5.73 Å². The molecule has 86 valence electrons. The van der Waals surface area contributed by atoms with Gasteiger partial charge in [0.25, 0.3) is 0 Å². The van der Waals surface area contributed by atoms with Crippen LogP contribution in [0.2, 0.25) is 0 Å². The molecule has 0 radical (unpaired) electrons. The Hall–Kier alpha value is -1.51. The maximum Gasteiger partial charge on any atom is 0.317 e. The molecule has 1 aromatic heterocycles. The molecule has 3 N–H and O–H groups in total. The smallest absolute Gasteiger partial charge is 0.317 e. The SMILES string of the molecule is CN(C)C(=O)NCc1cc(C#CCN)cs1. The van der Waals surface area contributed by atoms with Crippen LogP contribution >= 0.6 is 11.3 Å². The Labute approximate surface area is 99.4 Å². The van der Waals surface area contributed by atoms with Crippen LogP contribution in [-0.2, 0) is 6.54 Å². The second kappa shape index (κ2) is 6.16. The number of nitrogens with zero attached hydrogens (tertiary/aromatic N) is 1. The maximum atomic E-state index is 11.3. The van der Waals surface area contributed by atoms with Crippen molar-refractivity contribution in [2.45, 2.75) is 6.54 Å². The molecule has 1 heterocycles. The lowest BCUT2D eigenvalue weighted by Crippen LogP contribution is -2.33. The number of nitrogens with one attached hydrogen (secondary N) is 1. The maximum absolute atomic E-state index is 11.3. The normalized spacial score (nSPS) is 9.19. The molecule has 0 aromatic carbocycles. The summed E-state index contributed by atoms with van der Waals surface area (Å²) in [6, 6.07) is 1.87. The zero-order valence-corrected chi connectivity index (χ0v) is 10.2. The zero-order chi connectivity index (χ0) is 12.0. The van der Waals surface area contributed by atoms with E-state index in [0.717, 1.165) is 10.4 Å². The first-order valence-corrected chi connectivity index (χ1v) is 5.73. The van der Waals surface area contributed by atoms with Gasteiger partial charge in [-0.15, -0.1) is 11.3 Å². The van der Waals surface area contributed by atoms with Crippen LogP contribution in [0.15, 0.2) is 11.4 Å². The zero-order valence-electron chi connectivity index (χ0n) is 9.41. The quantitative estimate of drug-likeness (QED) is 0.749. The molecule has 0 fully saturated rings. The molecule has 0 bridgehead atoms. The van der Waals surface area contributed by atoms with E-state index in [2.05, 4.69) is 17.2 Å². The number of amides is 2. The molecule has 1 rings (SSSR count). The molecule has 0 aliphatic heterocycles. The monoisotopic (exact) mass is 237 g/mol. The minimum absolute atomic E-state index is 0.0945. The van der Waals surface area contributed by atoms with Gasteiger partial charge in [0, 0.05) is 29.9 Å². The highest BCUT2D eigenvalue weighted by molar-refractivity contribution is 7.10. The number of hydrogen-bond donors (Lipinski definition) is 2. The number of carbonyl (C=O) groups is 1. The highest BCUT2D eigenvalue weighted by atomic mass is 32.1. The first-order valence-electron chi connectivity index (χ1n) is 4.85. The van der Waals surface area contributed by atoms with Crippen molar-refractivity contribution in [1.29, 1.82) is 0 Å². The van der Waals surface area contributed by atoms with Crippen LogP contribution in [-0.4, -0.2) is 31.6 Å². The molecule has 0 atom stereocenters. The van der Waals surface area contributed by atoms with Gasteiger partial charge in [0.05, 0.1) is 13.1 Å². The first kappa shape index (κ1) is 12.6. The molecular weight excluding hydrogens is 222 g/mol. The van der Waals surface area contributed by atoms with E-state index in [1.54, 1.807) is 25.4 Å². The van der Waals surface area contributed by atoms with Crippen LogP contribution in [0.3, 0.4) is 0 Å². The average Bonchev–Trinajstić information content (AvgIpc) is 2.70. The molecule has 2 amide bonds. The summed E-state index contributed by atoms with van der Waals surface area (Å²) in [5, 5.41) is 4.75. The number of thiophene rings is 1. The lowest BCUT2D eigenvalue weighted by molar-refractivity contribution is 0.217. The van der Waals surface area contributed by atoms with Gasteiger partial charge in [0.15, 0.2) is 0 Å². The van der Waals surface area contributed by atoms with Crippen molar-refractivity contribution in [1.82, 2.24) is 10.2 Å². The molecule has 0 aliphatic carbocycles. The van der Waals surface area contributed by atoms with E-state index < -0.39 is 0 Å². The lowest BCUT2D eigenvalue weighted by atomic mass is 10.3. The molecule has 0 unspecified atom stereocenters. The van der Waals surface area contributed by atoms with Crippen molar-refractivity contribution in [2.75, 3.05) is 20.6 Å². The summed E-state index contributed by atoms with van der Waals surface area (Å²) in [5.41, 5.74) is 6.23. The second-order valence-electron chi connectivity index (χ2n) is 3.36. The number of urea groups is 1. The van der Waals surface area contributed by atoms with Crippen LogP contribution in [0.4, 0.5) is 4.79 Å². The van der Waals surface area contributed by atoms with Gasteiger partial charge in [0.1, 0.15) is 0 Å². The average molecular weight is 237 g/mol. The number of rotatable bonds is 2. The minimum atomic E-state index is -0.0945. The van der Waals surface area contributed by atoms with Crippen LogP contribution in [0.25, 0.3) is 0 Å². The third-order valence-corrected chi connectivity index (χ3v) is 2.75. The van der Waals surface area contributed by atoms with Crippen molar-refractivity contribution >= 4 is 17.4 Å². The molecule has 0 saturated carbocycles. The Bertz CT molecular complexity index is 414. The molecule has 0 aliphatic rings. The van der Waals surface area contributed by atoms with Gasteiger partial charge in [-0.3, -0.25) is 0 Å². The van der Waals surface area contributed by atoms with Gasteiger partial charge in [-0.25, -0.2) is 4.79 Å². The van der Waals surface area contributed by atoms with E-state index in [4.69, 9.17) is 5.73 Å². The Morgan fingerprint density at radius 2 is 2.38 bits per heavy atom. The summed E-state index contributed by atoms with van der Waals surface area (Å²) in [7, 11) is 3.42.